The summed E-state index contributed by atoms with van der Waals surface area (Å²) in [5.41, 5.74) is 2.96. The van der Waals surface area contributed by atoms with Crippen LogP contribution in [0.2, 0.25) is 0 Å². The number of aromatic nitrogens is 3. The first-order chi connectivity index (χ1) is 19.1. The summed E-state index contributed by atoms with van der Waals surface area (Å²) in [6.45, 7) is 4.58. The van der Waals surface area contributed by atoms with Crippen LogP contribution in [0.1, 0.15) is 28.7 Å². The number of nitrogens with zero attached hydrogens (tertiary/aromatic N) is 4. The number of para-hydroxylation sites is 1. The van der Waals surface area contributed by atoms with E-state index in [4.69, 9.17) is 24.2 Å². The average Bonchev–Trinajstić information content (AvgIpc) is 2.99. The number of hydrogen-bond donors (Lipinski definition) is 1. The van der Waals surface area contributed by atoms with Gasteiger partial charge < -0.3 is 24.4 Å². The van der Waals surface area contributed by atoms with E-state index in [2.05, 4.69) is 15.2 Å². The average molecular weight is 524 g/mol. The number of anilines is 3. The highest BCUT2D eigenvalue weighted by atomic mass is 16.5. The number of esters is 1. The number of methoxy groups -OCH3 is 1. The molecule has 1 aromatic heterocycles. The van der Waals surface area contributed by atoms with Crippen molar-refractivity contribution in [2.24, 2.45) is 0 Å². The van der Waals surface area contributed by atoms with E-state index in [1.807, 2.05) is 55.5 Å². The predicted octanol–water partition coefficient (Wildman–Crippen LogP) is 5.24. The fourth-order valence-corrected chi connectivity index (χ4v) is 4.06. The van der Waals surface area contributed by atoms with Crippen molar-refractivity contribution in [2.75, 3.05) is 43.6 Å². The van der Waals surface area contributed by atoms with Crippen LogP contribution in [0.5, 0.6) is 11.5 Å². The Kier molecular flexibility index (Phi) is 8.09. The standard InChI is InChI=1S/C30H29N5O4/c1-21(19-23-13-14-25(20-26(23)37-2)39-28(36)22-9-5-3-6-10-22)27-32-29(31-24-11-7-4-8-12-24)34-30(33-27)35-15-17-38-18-16-35/h3-14,19-20H,15-18H2,1-2H3,(H,31,32,33,34). The Hall–Kier alpha value is -4.76. The Bertz CT molecular complexity index is 1460. The third-order valence-corrected chi connectivity index (χ3v) is 6.10. The first kappa shape index (κ1) is 25.9. The van der Waals surface area contributed by atoms with E-state index in [9.17, 15) is 4.79 Å². The zero-order valence-corrected chi connectivity index (χ0v) is 21.8. The number of benzene rings is 3. The molecule has 1 aliphatic heterocycles. The molecule has 1 fully saturated rings. The molecule has 2 heterocycles. The summed E-state index contributed by atoms with van der Waals surface area (Å²) < 4.78 is 16.7. The van der Waals surface area contributed by atoms with Crippen molar-refractivity contribution in [1.29, 1.82) is 0 Å². The zero-order chi connectivity index (χ0) is 27.0. The smallest absolute Gasteiger partial charge is 0.343 e. The highest BCUT2D eigenvalue weighted by molar-refractivity contribution is 5.91. The highest BCUT2D eigenvalue weighted by Gasteiger charge is 2.18. The number of carbonyl (C=O) groups is 1. The van der Waals surface area contributed by atoms with Crippen LogP contribution in [0.3, 0.4) is 0 Å². The molecule has 9 heteroatoms. The van der Waals surface area contributed by atoms with E-state index < -0.39 is 5.97 Å². The minimum absolute atomic E-state index is 0.389. The second kappa shape index (κ2) is 12.2. The van der Waals surface area contributed by atoms with Crippen molar-refractivity contribution in [2.45, 2.75) is 6.92 Å². The molecule has 9 nitrogen and oxygen atoms in total. The number of hydrogen-bond acceptors (Lipinski definition) is 9. The molecular weight excluding hydrogens is 494 g/mol. The molecule has 0 aliphatic carbocycles. The molecule has 39 heavy (non-hydrogen) atoms. The van der Waals surface area contributed by atoms with Crippen LogP contribution in [0, 0.1) is 0 Å². The van der Waals surface area contributed by atoms with Gasteiger partial charge >= 0.3 is 5.97 Å². The molecule has 0 saturated carbocycles. The Balaban J connectivity index is 1.43. The lowest BCUT2D eigenvalue weighted by Crippen LogP contribution is -2.37. The Labute approximate surface area is 227 Å². The fourth-order valence-electron chi connectivity index (χ4n) is 4.06. The van der Waals surface area contributed by atoms with Gasteiger partial charge in [-0.25, -0.2) is 4.79 Å². The van der Waals surface area contributed by atoms with Crippen molar-refractivity contribution < 1.29 is 19.0 Å². The fraction of sp³-hybridized carbons (Fsp3) is 0.200. The van der Waals surface area contributed by atoms with E-state index in [0.717, 1.165) is 16.8 Å². The summed E-state index contributed by atoms with van der Waals surface area (Å²) in [4.78, 5) is 28.7. The summed E-state index contributed by atoms with van der Waals surface area (Å²) in [6.07, 6.45) is 1.94. The summed E-state index contributed by atoms with van der Waals surface area (Å²) in [6, 6.07) is 23.9. The molecule has 5 rings (SSSR count). The molecule has 1 aliphatic rings. The van der Waals surface area contributed by atoms with Gasteiger partial charge in [-0.3, -0.25) is 0 Å². The minimum atomic E-state index is -0.434. The van der Waals surface area contributed by atoms with Crippen molar-refractivity contribution in [3.63, 3.8) is 0 Å². The molecule has 1 saturated heterocycles. The largest absolute Gasteiger partial charge is 0.496 e. The Morgan fingerprint density at radius 2 is 1.67 bits per heavy atom. The lowest BCUT2D eigenvalue weighted by atomic mass is 10.1. The normalized spacial score (nSPS) is 13.6. The van der Waals surface area contributed by atoms with Gasteiger partial charge in [0, 0.05) is 30.4 Å². The van der Waals surface area contributed by atoms with E-state index >= 15 is 0 Å². The van der Waals surface area contributed by atoms with Crippen molar-refractivity contribution in [3.8, 4) is 11.5 Å². The zero-order valence-electron chi connectivity index (χ0n) is 21.8. The van der Waals surface area contributed by atoms with E-state index in [-0.39, 0.29) is 0 Å². The van der Waals surface area contributed by atoms with E-state index in [0.29, 0.717) is 61.1 Å². The van der Waals surface area contributed by atoms with Crippen LogP contribution in [-0.4, -0.2) is 54.3 Å². The molecule has 1 N–H and O–H groups in total. The third-order valence-electron chi connectivity index (χ3n) is 6.10. The van der Waals surface area contributed by atoms with Crippen LogP contribution in [0.25, 0.3) is 11.6 Å². The van der Waals surface area contributed by atoms with Gasteiger partial charge in [0.25, 0.3) is 0 Å². The second-order valence-corrected chi connectivity index (χ2v) is 8.86. The number of morpholine rings is 1. The van der Waals surface area contributed by atoms with Gasteiger partial charge in [0.05, 0.1) is 25.9 Å². The van der Waals surface area contributed by atoms with Gasteiger partial charge in [-0.15, -0.1) is 0 Å². The number of ether oxygens (including phenoxy) is 3. The van der Waals surface area contributed by atoms with Gasteiger partial charge in [-0.05, 0) is 55.0 Å². The van der Waals surface area contributed by atoms with Gasteiger partial charge in [0.15, 0.2) is 5.82 Å². The monoisotopic (exact) mass is 523 g/mol. The van der Waals surface area contributed by atoms with Crippen LogP contribution < -0.4 is 19.7 Å². The lowest BCUT2D eigenvalue weighted by molar-refractivity contribution is 0.0734. The second-order valence-electron chi connectivity index (χ2n) is 8.86. The van der Waals surface area contributed by atoms with Crippen LogP contribution >= 0.6 is 0 Å². The molecule has 3 aromatic carbocycles. The van der Waals surface area contributed by atoms with Crippen LogP contribution in [0.4, 0.5) is 17.6 Å². The lowest BCUT2D eigenvalue weighted by Gasteiger charge is -2.27. The molecule has 0 radical (unpaired) electrons. The van der Waals surface area contributed by atoms with E-state index in [1.54, 1.807) is 43.5 Å². The minimum Gasteiger partial charge on any atom is -0.496 e. The molecular formula is C30H29N5O4. The maximum Gasteiger partial charge on any atom is 0.343 e. The van der Waals surface area contributed by atoms with Crippen LogP contribution in [0.15, 0.2) is 78.9 Å². The van der Waals surface area contributed by atoms with E-state index in [1.165, 1.54) is 0 Å². The molecule has 4 aromatic rings. The Morgan fingerprint density at radius 3 is 2.38 bits per heavy atom. The summed E-state index contributed by atoms with van der Waals surface area (Å²) in [5.74, 6) is 2.08. The molecule has 0 spiro atoms. The van der Waals surface area contributed by atoms with Crippen molar-refractivity contribution in [3.05, 3.63) is 95.8 Å². The third kappa shape index (κ3) is 6.58. The van der Waals surface area contributed by atoms with Gasteiger partial charge in [0.2, 0.25) is 11.9 Å². The topological polar surface area (TPSA) is 98.7 Å². The Morgan fingerprint density at radius 1 is 0.949 bits per heavy atom. The summed E-state index contributed by atoms with van der Waals surface area (Å²) in [5, 5.41) is 3.28. The first-order valence-electron chi connectivity index (χ1n) is 12.6. The maximum atomic E-state index is 12.5. The summed E-state index contributed by atoms with van der Waals surface area (Å²) in [7, 11) is 1.58. The van der Waals surface area contributed by atoms with Crippen LogP contribution in [-0.2, 0) is 4.74 Å². The molecule has 0 amide bonds. The number of allylic oxidation sites excluding steroid dienone is 1. The van der Waals surface area contributed by atoms with Crippen molar-refractivity contribution in [1.82, 2.24) is 15.0 Å². The maximum absolute atomic E-state index is 12.5. The molecule has 0 atom stereocenters. The number of carbonyl (C=O) groups excluding carboxylic acids is 1. The highest BCUT2D eigenvalue weighted by Crippen LogP contribution is 2.29. The molecule has 198 valence electrons. The number of nitrogens with one attached hydrogen (secondary N) is 1. The predicted molar refractivity (Wildman–Crippen MR) is 151 cm³/mol. The van der Waals surface area contributed by atoms with Gasteiger partial charge in [0.1, 0.15) is 11.5 Å². The van der Waals surface area contributed by atoms with Crippen molar-refractivity contribution >= 4 is 35.2 Å². The molecule has 0 unspecified atom stereocenters. The SMILES string of the molecule is COc1cc(OC(=O)c2ccccc2)ccc1C=C(C)c1nc(Nc2ccccc2)nc(N2CCOCC2)n1. The first-order valence-corrected chi connectivity index (χ1v) is 12.6. The molecule has 0 bridgehead atoms. The summed E-state index contributed by atoms with van der Waals surface area (Å²) >= 11 is 0. The quantitative estimate of drug-likeness (QED) is 0.246. The van der Waals surface area contributed by atoms with Gasteiger partial charge in [-0.2, -0.15) is 15.0 Å². The number of rotatable bonds is 8. The van der Waals surface area contributed by atoms with Gasteiger partial charge in [-0.1, -0.05) is 36.4 Å².